The van der Waals surface area contributed by atoms with Crippen LogP contribution in [0.4, 0.5) is 0 Å². The van der Waals surface area contributed by atoms with E-state index in [0.29, 0.717) is 25.4 Å². The minimum atomic E-state index is -0.348. The van der Waals surface area contributed by atoms with Gasteiger partial charge in [0.15, 0.2) is 0 Å². The third-order valence-corrected chi connectivity index (χ3v) is 5.22. The third kappa shape index (κ3) is 5.13. The van der Waals surface area contributed by atoms with Crippen LogP contribution in [0, 0.1) is 6.92 Å². The summed E-state index contributed by atoms with van der Waals surface area (Å²) >= 11 is 0. The van der Waals surface area contributed by atoms with Gasteiger partial charge in [-0.15, -0.1) is 0 Å². The molecular formula is C27H25NO4. The maximum Gasteiger partial charge on any atom is 0.338 e. The number of esters is 1. The molecule has 0 aliphatic heterocycles. The quantitative estimate of drug-likeness (QED) is 0.341. The van der Waals surface area contributed by atoms with Crippen molar-refractivity contribution in [3.8, 4) is 5.75 Å². The Labute approximate surface area is 187 Å². The first-order valence-electron chi connectivity index (χ1n) is 10.4. The lowest BCUT2D eigenvalue weighted by Crippen LogP contribution is -2.09. The topological polar surface area (TPSA) is 57.7 Å². The van der Waals surface area contributed by atoms with Crippen molar-refractivity contribution < 1.29 is 19.0 Å². The van der Waals surface area contributed by atoms with Crippen molar-refractivity contribution in [1.29, 1.82) is 0 Å². The second kappa shape index (κ2) is 10.1. The van der Waals surface area contributed by atoms with E-state index in [4.69, 9.17) is 14.2 Å². The molecule has 0 unspecified atom stereocenters. The van der Waals surface area contributed by atoms with Gasteiger partial charge in [-0.1, -0.05) is 54.6 Å². The Morgan fingerprint density at radius 2 is 1.72 bits per heavy atom. The standard InChI is InChI=1S/C27H25NO4/c1-19-7-5-10-22(26(19)27(29)30-2)17-31-16-20-8-6-11-24(15-20)32-18-23-14-13-21-9-3-4-12-25(21)28-23/h3-15H,16-18H2,1-2H3. The second-order valence-electron chi connectivity index (χ2n) is 7.52. The molecule has 32 heavy (non-hydrogen) atoms. The smallest absolute Gasteiger partial charge is 0.338 e. The van der Waals surface area contributed by atoms with Crippen LogP contribution in [0.3, 0.4) is 0 Å². The van der Waals surface area contributed by atoms with E-state index in [1.54, 1.807) is 0 Å². The molecule has 5 nitrogen and oxygen atoms in total. The molecule has 0 bridgehead atoms. The largest absolute Gasteiger partial charge is 0.487 e. The molecule has 4 aromatic rings. The molecule has 3 aromatic carbocycles. The summed E-state index contributed by atoms with van der Waals surface area (Å²) in [6.45, 7) is 3.00. The lowest BCUT2D eigenvalue weighted by molar-refractivity contribution is 0.0589. The van der Waals surface area contributed by atoms with E-state index in [9.17, 15) is 4.79 Å². The van der Waals surface area contributed by atoms with Gasteiger partial charge in [-0.25, -0.2) is 9.78 Å². The number of benzene rings is 3. The van der Waals surface area contributed by atoms with Crippen LogP contribution >= 0.6 is 0 Å². The highest BCUT2D eigenvalue weighted by Gasteiger charge is 2.14. The average Bonchev–Trinajstić information content (AvgIpc) is 2.82. The van der Waals surface area contributed by atoms with E-state index in [1.807, 2.05) is 79.7 Å². The normalized spacial score (nSPS) is 10.8. The van der Waals surface area contributed by atoms with Gasteiger partial charge in [-0.05, 0) is 47.9 Å². The molecule has 5 heteroatoms. The number of carbonyl (C=O) groups excluding carboxylic acids is 1. The molecule has 4 rings (SSSR count). The minimum absolute atomic E-state index is 0.318. The number of para-hydroxylation sites is 1. The first kappa shape index (κ1) is 21.5. The fourth-order valence-corrected chi connectivity index (χ4v) is 3.59. The van der Waals surface area contributed by atoms with Gasteiger partial charge in [0.25, 0.3) is 0 Å². The summed E-state index contributed by atoms with van der Waals surface area (Å²) in [6, 6.07) is 25.5. The molecule has 0 saturated carbocycles. The Balaban J connectivity index is 1.36. The monoisotopic (exact) mass is 427 g/mol. The fourth-order valence-electron chi connectivity index (χ4n) is 3.59. The number of rotatable bonds is 8. The number of hydrogen-bond donors (Lipinski definition) is 0. The van der Waals surface area contributed by atoms with E-state index < -0.39 is 0 Å². The highest BCUT2D eigenvalue weighted by atomic mass is 16.5. The fraction of sp³-hybridized carbons (Fsp3) is 0.185. The molecule has 0 amide bonds. The summed E-state index contributed by atoms with van der Waals surface area (Å²) in [7, 11) is 1.39. The van der Waals surface area contributed by atoms with E-state index in [2.05, 4.69) is 11.1 Å². The number of fused-ring (bicyclic) bond motifs is 1. The van der Waals surface area contributed by atoms with Crippen molar-refractivity contribution in [2.75, 3.05) is 7.11 Å². The molecule has 0 N–H and O–H groups in total. The average molecular weight is 428 g/mol. The molecule has 0 saturated heterocycles. The number of carbonyl (C=O) groups is 1. The van der Waals surface area contributed by atoms with Crippen molar-refractivity contribution >= 4 is 16.9 Å². The number of ether oxygens (including phenoxy) is 3. The molecule has 162 valence electrons. The van der Waals surface area contributed by atoms with Crippen LogP contribution in [-0.4, -0.2) is 18.1 Å². The molecule has 0 aliphatic carbocycles. The third-order valence-electron chi connectivity index (χ3n) is 5.22. The number of aromatic nitrogens is 1. The van der Waals surface area contributed by atoms with E-state index in [-0.39, 0.29) is 5.97 Å². The van der Waals surface area contributed by atoms with Crippen LogP contribution in [0.15, 0.2) is 78.9 Å². The van der Waals surface area contributed by atoms with Gasteiger partial charge >= 0.3 is 5.97 Å². The lowest BCUT2D eigenvalue weighted by Gasteiger charge is -2.12. The maximum atomic E-state index is 12.1. The van der Waals surface area contributed by atoms with E-state index >= 15 is 0 Å². The lowest BCUT2D eigenvalue weighted by atomic mass is 10.0. The van der Waals surface area contributed by atoms with Crippen molar-refractivity contribution in [1.82, 2.24) is 4.98 Å². The van der Waals surface area contributed by atoms with Gasteiger partial charge in [-0.3, -0.25) is 0 Å². The zero-order valence-corrected chi connectivity index (χ0v) is 18.2. The molecule has 0 fully saturated rings. The van der Waals surface area contributed by atoms with Gasteiger partial charge < -0.3 is 14.2 Å². The second-order valence-corrected chi connectivity index (χ2v) is 7.52. The molecule has 1 aromatic heterocycles. The zero-order valence-electron chi connectivity index (χ0n) is 18.2. The summed E-state index contributed by atoms with van der Waals surface area (Å²) in [5.41, 5.74) is 5.07. The highest BCUT2D eigenvalue weighted by molar-refractivity contribution is 5.92. The summed E-state index contributed by atoms with van der Waals surface area (Å²) in [6.07, 6.45) is 0. The number of hydrogen-bond acceptors (Lipinski definition) is 5. The van der Waals surface area contributed by atoms with Crippen molar-refractivity contribution in [2.24, 2.45) is 0 Å². The summed E-state index contributed by atoms with van der Waals surface area (Å²) in [5, 5.41) is 1.11. The SMILES string of the molecule is COC(=O)c1c(C)cccc1COCc1cccc(OCc2ccc3ccccc3n2)c1. The summed E-state index contributed by atoms with van der Waals surface area (Å²) < 4.78 is 16.7. The van der Waals surface area contributed by atoms with Crippen molar-refractivity contribution in [3.05, 3.63) is 107 Å². The summed E-state index contributed by atoms with van der Waals surface area (Å²) in [5.74, 6) is 0.409. The number of pyridine rings is 1. The molecule has 0 radical (unpaired) electrons. The summed E-state index contributed by atoms with van der Waals surface area (Å²) in [4.78, 5) is 16.7. The highest BCUT2D eigenvalue weighted by Crippen LogP contribution is 2.20. The first-order chi connectivity index (χ1) is 15.6. The van der Waals surface area contributed by atoms with Crippen LogP contribution in [0.25, 0.3) is 10.9 Å². The molecule has 1 heterocycles. The van der Waals surface area contributed by atoms with Crippen molar-refractivity contribution in [2.45, 2.75) is 26.7 Å². The predicted octanol–water partition coefficient (Wildman–Crippen LogP) is 5.63. The first-order valence-corrected chi connectivity index (χ1v) is 10.4. The van der Waals surface area contributed by atoms with Gasteiger partial charge in [0.05, 0.1) is 37.1 Å². The van der Waals surface area contributed by atoms with Gasteiger partial charge in [0, 0.05) is 5.39 Å². The van der Waals surface area contributed by atoms with Gasteiger partial charge in [0.2, 0.25) is 0 Å². The molecule has 0 spiro atoms. The Bertz CT molecular complexity index is 1240. The Morgan fingerprint density at radius 3 is 2.59 bits per heavy atom. The maximum absolute atomic E-state index is 12.1. The van der Waals surface area contributed by atoms with Gasteiger partial charge in [0.1, 0.15) is 12.4 Å². The molecule has 0 atom stereocenters. The van der Waals surface area contributed by atoms with Crippen LogP contribution in [0.2, 0.25) is 0 Å². The number of aryl methyl sites for hydroxylation is 1. The van der Waals surface area contributed by atoms with Gasteiger partial charge in [-0.2, -0.15) is 0 Å². The Morgan fingerprint density at radius 1 is 0.875 bits per heavy atom. The van der Waals surface area contributed by atoms with Crippen LogP contribution in [0.1, 0.15) is 32.7 Å². The molecule has 0 aliphatic rings. The predicted molar refractivity (Wildman–Crippen MR) is 124 cm³/mol. The van der Waals surface area contributed by atoms with Crippen LogP contribution in [0.5, 0.6) is 5.75 Å². The van der Waals surface area contributed by atoms with E-state index in [1.165, 1.54) is 7.11 Å². The van der Waals surface area contributed by atoms with E-state index in [0.717, 1.165) is 39.0 Å². The molecular weight excluding hydrogens is 402 g/mol. The zero-order chi connectivity index (χ0) is 22.3. The van der Waals surface area contributed by atoms with Crippen LogP contribution in [-0.2, 0) is 29.3 Å². The Hall–Kier alpha value is -3.70. The minimum Gasteiger partial charge on any atom is -0.487 e. The van der Waals surface area contributed by atoms with Crippen LogP contribution < -0.4 is 4.74 Å². The number of nitrogens with zero attached hydrogens (tertiary/aromatic N) is 1. The number of methoxy groups -OCH3 is 1. The Kier molecular flexibility index (Phi) is 6.78. The van der Waals surface area contributed by atoms with Crippen molar-refractivity contribution in [3.63, 3.8) is 0 Å².